The monoisotopic (exact) mass is 263 g/mol. The molecular formula is C16H25NO2. The van der Waals surface area contributed by atoms with E-state index in [9.17, 15) is 5.11 Å². The van der Waals surface area contributed by atoms with Crippen molar-refractivity contribution in [3.63, 3.8) is 0 Å². The molecule has 1 N–H and O–H groups in total. The van der Waals surface area contributed by atoms with Gasteiger partial charge in [-0.05, 0) is 50.3 Å². The van der Waals surface area contributed by atoms with E-state index in [1.807, 2.05) is 12.1 Å². The molecule has 3 heteroatoms. The third kappa shape index (κ3) is 3.71. The minimum atomic E-state index is -0.401. The standard InChI is InChI=1S/C16H25NO2/c1-12(14-4-5-14)17(10-11-19-3)16-8-6-15(7-9-16)13(2)18/h6-9,12-14,18H,4-5,10-11H2,1-3H3. The number of anilines is 1. The SMILES string of the molecule is COCCN(c1ccc(C(C)O)cc1)C(C)C1CC1. The normalized spacial score (nSPS) is 18.1. The molecule has 1 aliphatic carbocycles. The molecule has 19 heavy (non-hydrogen) atoms. The van der Waals surface area contributed by atoms with Crippen LogP contribution in [0.5, 0.6) is 0 Å². The fraction of sp³-hybridized carbons (Fsp3) is 0.625. The molecule has 0 heterocycles. The predicted molar refractivity (Wildman–Crippen MR) is 78.5 cm³/mol. The maximum absolute atomic E-state index is 9.57. The number of methoxy groups -OCH3 is 1. The van der Waals surface area contributed by atoms with E-state index in [1.54, 1.807) is 14.0 Å². The molecule has 1 fully saturated rings. The Bertz CT molecular complexity index is 384. The molecular weight excluding hydrogens is 238 g/mol. The Balaban J connectivity index is 2.11. The highest BCUT2D eigenvalue weighted by Crippen LogP contribution is 2.37. The van der Waals surface area contributed by atoms with Crippen LogP contribution < -0.4 is 4.90 Å². The number of hydrogen-bond donors (Lipinski definition) is 1. The van der Waals surface area contributed by atoms with Crippen molar-refractivity contribution in [2.75, 3.05) is 25.2 Å². The van der Waals surface area contributed by atoms with Crippen LogP contribution in [0.2, 0.25) is 0 Å². The molecule has 1 aromatic carbocycles. The Labute approximate surface area is 116 Å². The zero-order chi connectivity index (χ0) is 13.8. The molecule has 2 atom stereocenters. The van der Waals surface area contributed by atoms with Crippen LogP contribution in [-0.4, -0.2) is 31.4 Å². The summed E-state index contributed by atoms with van der Waals surface area (Å²) in [6.07, 6.45) is 2.29. The van der Waals surface area contributed by atoms with Gasteiger partial charge >= 0.3 is 0 Å². The zero-order valence-corrected chi connectivity index (χ0v) is 12.2. The highest BCUT2D eigenvalue weighted by atomic mass is 16.5. The van der Waals surface area contributed by atoms with Crippen molar-refractivity contribution in [3.05, 3.63) is 29.8 Å². The van der Waals surface area contributed by atoms with Crippen molar-refractivity contribution in [1.82, 2.24) is 0 Å². The molecule has 0 radical (unpaired) electrons. The molecule has 0 aliphatic heterocycles. The van der Waals surface area contributed by atoms with Crippen LogP contribution in [0.25, 0.3) is 0 Å². The van der Waals surface area contributed by atoms with E-state index in [4.69, 9.17) is 4.74 Å². The van der Waals surface area contributed by atoms with E-state index in [0.29, 0.717) is 6.04 Å². The number of aliphatic hydroxyl groups is 1. The van der Waals surface area contributed by atoms with Crippen molar-refractivity contribution in [2.24, 2.45) is 5.92 Å². The lowest BCUT2D eigenvalue weighted by molar-refractivity contribution is 0.199. The summed E-state index contributed by atoms with van der Waals surface area (Å²) in [5.74, 6) is 0.827. The number of ether oxygens (including phenoxy) is 1. The maximum Gasteiger partial charge on any atom is 0.0761 e. The average molecular weight is 263 g/mol. The van der Waals surface area contributed by atoms with Gasteiger partial charge in [0, 0.05) is 25.4 Å². The summed E-state index contributed by atoms with van der Waals surface area (Å²) in [5, 5.41) is 9.57. The van der Waals surface area contributed by atoms with Gasteiger partial charge in [0.05, 0.1) is 12.7 Å². The fourth-order valence-electron chi connectivity index (χ4n) is 2.53. The first kappa shape index (κ1) is 14.4. The predicted octanol–water partition coefficient (Wildman–Crippen LogP) is 2.99. The highest BCUT2D eigenvalue weighted by molar-refractivity contribution is 5.49. The average Bonchev–Trinajstić information content (AvgIpc) is 3.23. The molecule has 3 nitrogen and oxygen atoms in total. The first-order chi connectivity index (χ1) is 9.13. The number of benzene rings is 1. The molecule has 106 valence electrons. The Kier molecular flexibility index (Phi) is 4.83. The van der Waals surface area contributed by atoms with Crippen molar-refractivity contribution in [1.29, 1.82) is 0 Å². The van der Waals surface area contributed by atoms with E-state index in [-0.39, 0.29) is 0 Å². The van der Waals surface area contributed by atoms with Gasteiger partial charge in [0.25, 0.3) is 0 Å². The fourth-order valence-corrected chi connectivity index (χ4v) is 2.53. The highest BCUT2D eigenvalue weighted by Gasteiger charge is 2.32. The zero-order valence-electron chi connectivity index (χ0n) is 12.2. The summed E-state index contributed by atoms with van der Waals surface area (Å²) in [7, 11) is 1.75. The van der Waals surface area contributed by atoms with Crippen LogP contribution in [0.4, 0.5) is 5.69 Å². The molecule has 1 aromatic rings. The van der Waals surface area contributed by atoms with Gasteiger partial charge in [0.1, 0.15) is 0 Å². The summed E-state index contributed by atoms with van der Waals surface area (Å²) in [5.41, 5.74) is 2.19. The van der Waals surface area contributed by atoms with E-state index in [1.165, 1.54) is 18.5 Å². The lowest BCUT2D eigenvalue weighted by atomic mass is 10.1. The molecule has 0 aromatic heterocycles. The van der Waals surface area contributed by atoms with Gasteiger partial charge in [0.2, 0.25) is 0 Å². The van der Waals surface area contributed by atoms with E-state index in [2.05, 4.69) is 24.0 Å². The van der Waals surface area contributed by atoms with Gasteiger partial charge in [-0.1, -0.05) is 12.1 Å². The lowest BCUT2D eigenvalue weighted by Gasteiger charge is -2.31. The summed E-state index contributed by atoms with van der Waals surface area (Å²) in [6, 6.07) is 8.80. The van der Waals surface area contributed by atoms with Gasteiger partial charge in [0.15, 0.2) is 0 Å². The molecule has 2 unspecified atom stereocenters. The molecule has 1 saturated carbocycles. The molecule has 0 saturated heterocycles. The quantitative estimate of drug-likeness (QED) is 0.821. The van der Waals surface area contributed by atoms with E-state index in [0.717, 1.165) is 24.6 Å². The topological polar surface area (TPSA) is 32.7 Å². The van der Waals surface area contributed by atoms with Gasteiger partial charge in [-0.3, -0.25) is 0 Å². The van der Waals surface area contributed by atoms with Gasteiger partial charge in [-0.25, -0.2) is 0 Å². The van der Waals surface area contributed by atoms with Crippen LogP contribution in [0.15, 0.2) is 24.3 Å². The Morgan fingerprint density at radius 2 is 1.89 bits per heavy atom. The minimum absolute atomic E-state index is 0.401. The lowest BCUT2D eigenvalue weighted by Crippen LogP contribution is -2.37. The Morgan fingerprint density at radius 1 is 1.26 bits per heavy atom. The van der Waals surface area contributed by atoms with Crippen molar-refractivity contribution < 1.29 is 9.84 Å². The Hall–Kier alpha value is -1.06. The minimum Gasteiger partial charge on any atom is -0.389 e. The van der Waals surface area contributed by atoms with Gasteiger partial charge in [-0.15, -0.1) is 0 Å². The van der Waals surface area contributed by atoms with Crippen LogP contribution in [0.1, 0.15) is 38.4 Å². The Morgan fingerprint density at radius 3 is 2.37 bits per heavy atom. The first-order valence-corrected chi connectivity index (χ1v) is 7.17. The number of aliphatic hydroxyl groups excluding tert-OH is 1. The second-order valence-corrected chi connectivity index (χ2v) is 5.53. The second kappa shape index (κ2) is 6.40. The summed E-state index contributed by atoms with van der Waals surface area (Å²) in [6.45, 7) is 5.76. The van der Waals surface area contributed by atoms with Crippen LogP contribution in [0, 0.1) is 5.92 Å². The van der Waals surface area contributed by atoms with Crippen LogP contribution >= 0.6 is 0 Å². The summed E-state index contributed by atoms with van der Waals surface area (Å²) >= 11 is 0. The molecule has 1 aliphatic rings. The molecule has 0 bridgehead atoms. The maximum atomic E-state index is 9.57. The van der Waals surface area contributed by atoms with Gasteiger partial charge in [-0.2, -0.15) is 0 Å². The summed E-state index contributed by atoms with van der Waals surface area (Å²) < 4.78 is 5.22. The van der Waals surface area contributed by atoms with Crippen LogP contribution in [-0.2, 0) is 4.74 Å². The molecule has 0 amide bonds. The molecule has 0 spiro atoms. The third-order valence-electron chi connectivity index (χ3n) is 4.04. The van der Waals surface area contributed by atoms with Crippen molar-refractivity contribution >= 4 is 5.69 Å². The van der Waals surface area contributed by atoms with E-state index < -0.39 is 6.10 Å². The van der Waals surface area contributed by atoms with Gasteiger partial charge < -0.3 is 14.7 Å². The number of rotatable bonds is 7. The smallest absolute Gasteiger partial charge is 0.0761 e. The number of nitrogens with zero attached hydrogens (tertiary/aromatic N) is 1. The third-order valence-corrected chi connectivity index (χ3v) is 4.04. The summed E-state index contributed by atoms with van der Waals surface area (Å²) in [4.78, 5) is 2.42. The molecule has 2 rings (SSSR count). The van der Waals surface area contributed by atoms with Crippen LogP contribution in [0.3, 0.4) is 0 Å². The van der Waals surface area contributed by atoms with Crippen molar-refractivity contribution in [3.8, 4) is 0 Å². The largest absolute Gasteiger partial charge is 0.389 e. The number of hydrogen-bond acceptors (Lipinski definition) is 3. The van der Waals surface area contributed by atoms with E-state index >= 15 is 0 Å². The second-order valence-electron chi connectivity index (χ2n) is 5.53. The van der Waals surface area contributed by atoms with Crippen molar-refractivity contribution in [2.45, 2.75) is 38.8 Å². The first-order valence-electron chi connectivity index (χ1n) is 7.17.